The summed E-state index contributed by atoms with van der Waals surface area (Å²) in [6, 6.07) is 9.42. The molecule has 2 aliphatic heterocycles. The number of nitrogens with zero attached hydrogens (tertiary/aromatic N) is 2. The van der Waals surface area contributed by atoms with Crippen molar-refractivity contribution in [3.63, 3.8) is 0 Å². The Morgan fingerprint density at radius 2 is 1.50 bits per heavy atom. The summed E-state index contributed by atoms with van der Waals surface area (Å²) < 4.78 is 0. The molecule has 0 bridgehead atoms. The molecule has 2 aliphatic rings. The van der Waals surface area contributed by atoms with E-state index in [-0.39, 0.29) is 11.9 Å². The maximum absolute atomic E-state index is 12.6. The van der Waals surface area contributed by atoms with Gasteiger partial charge < -0.3 is 15.1 Å². The third kappa shape index (κ3) is 4.08. The Hall–Kier alpha value is -2.04. The number of para-hydroxylation sites is 1. The van der Waals surface area contributed by atoms with Gasteiger partial charge in [-0.15, -0.1) is 0 Å². The number of carbonyl (C=O) groups excluding carboxylic acids is 2. The van der Waals surface area contributed by atoms with Gasteiger partial charge in [0.1, 0.15) is 0 Å². The fourth-order valence-electron chi connectivity index (χ4n) is 3.54. The highest BCUT2D eigenvalue weighted by atomic mass is 16.2. The van der Waals surface area contributed by atoms with E-state index >= 15 is 0 Å². The molecule has 2 saturated heterocycles. The number of amides is 3. The highest BCUT2D eigenvalue weighted by molar-refractivity contribution is 5.89. The first-order valence-corrected chi connectivity index (χ1v) is 9.03. The van der Waals surface area contributed by atoms with Crippen LogP contribution in [0.4, 0.5) is 10.5 Å². The molecule has 5 heteroatoms. The van der Waals surface area contributed by atoms with Crippen molar-refractivity contribution in [2.75, 3.05) is 31.5 Å². The maximum atomic E-state index is 12.6. The van der Waals surface area contributed by atoms with Crippen molar-refractivity contribution in [1.29, 1.82) is 0 Å². The van der Waals surface area contributed by atoms with Gasteiger partial charge in [0.15, 0.2) is 0 Å². The maximum Gasteiger partial charge on any atom is 0.321 e. The zero-order valence-corrected chi connectivity index (χ0v) is 14.4. The molecule has 2 heterocycles. The lowest BCUT2D eigenvalue weighted by Crippen LogP contribution is -2.47. The number of urea groups is 1. The number of rotatable bonds is 2. The van der Waals surface area contributed by atoms with Gasteiger partial charge in [-0.3, -0.25) is 4.79 Å². The second-order valence-corrected chi connectivity index (χ2v) is 7.07. The van der Waals surface area contributed by atoms with Crippen molar-refractivity contribution in [1.82, 2.24) is 9.80 Å². The Kier molecular flexibility index (Phi) is 5.38. The Morgan fingerprint density at radius 3 is 2.12 bits per heavy atom. The first-order chi connectivity index (χ1) is 11.6. The molecule has 1 aromatic rings. The highest BCUT2D eigenvalue weighted by Crippen LogP contribution is 2.24. The van der Waals surface area contributed by atoms with E-state index in [2.05, 4.69) is 12.2 Å². The van der Waals surface area contributed by atoms with Crippen LogP contribution in [0.3, 0.4) is 0 Å². The lowest BCUT2D eigenvalue weighted by Gasteiger charge is -2.36. The average molecular weight is 329 g/mol. The van der Waals surface area contributed by atoms with Crippen molar-refractivity contribution in [3.05, 3.63) is 30.3 Å². The fourth-order valence-corrected chi connectivity index (χ4v) is 3.54. The van der Waals surface area contributed by atoms with Crippen LogP contribution in [-0.4, -0.2) is 47.9 Å². The SMILES string of the molecule is CC1CCN(C(=O)C2CCN(C(=O)Nc3ccccc3)CC2)CC1. The molecule has 0 aromatic heterocycles. The molecular weight excluding hydrogens is 302 g/mol. The van der Waals surface area contributed by atoms with E-state index in [1.165, 1.54) is 0 Å². The summed E-state index contributed by atoms with van der Waals surface area (Å²) in [6.45, 7) is 5.35. The van der Waals surface area contributed by atoms with Crippen molar-refractivity contribution in [2.45, 2.75) is 32.6 Å². The number of hydrogen-bond acceptors (Lipinski definition) is 2. The van der Waals surface area contributed by atoms with Gasteiger partial charge in [-0.1, -0.05) is 25.1 Å². The molecule has 0 spiro atoms. The molecule has 2 fully saturated rings. The monoisotopic (exact) mass is 329 g/mol. The van der Waals surface area contributed by atoms with Crippen LogP contribution in [0, 0.1) is 11.8 Å². The molecule has 0 unspecified atom stereocenters. The average Bonchev–Trinajstić information content (AvgIpc) is 2.63. The first-order valence-electron chi connectivity index (χ1n) is 9.03. The number of nitrogens with one attached hydrogen (secondary N) is 1. The van der Waals surface area contributed by atoms with E-state index < -0.39 is 0 Å². The summed E-state index contributed by atoms with van der Waals surface area (Å²) in [5.41, 5.74) is 0.808. The summed E-state index contributed by atoms with van der Waals surface area (Å²) in [5.74, 6) is 1.11. The minimum atomic E-state index is -0.0705. The van der Waals surface area contributed by atoms with Crippen LogP contribution in [0.5, 0.6) is 0 Å². The third-order valence-corrected chi connectivity index (χ3v) is 5.25. The molecule has 130 valence electrons. The topological polar surface area (TPSA) is 52.7 Å². The largest absolute Gasteiger partial charge is 0.342 e. The zero-order valence-electron chi connectivity index (χ0n) is 14.4. The number of piperidine rings is 2. The van der Waals surface area contributed by atoms with Crippen LogP contribution in [0.2, 0.25) is 0 Å². The Labute approximate surface area is 144 Å². The van der Waals surface area contributed by atoms with Crippen LogP contribution in [-0.2, 0) is 4.79 Å². The van der Waals surface area contributed by atoms with E-state index in [0.717, 1.165) is 50.4 Å². The quantitative estimate of drug-likeness (QED) is 0.906. The Bertz CT molecular complexity index is 559. The molecular formula is C19H27N3O2. The minimum absolute atomic E-state index is 0.0705. The molecule has 0 radical (unpaired) electrons. The molecule has 1 N–H and O–H groups in total. The van der Waals surface area contributed by atoms with Gasteiger partial charge in [0, 0.05) is 37.8 Å². The van der Waals surface area contributed by atoms with Crippen LogP contribution in [0.1, 0.15) is 32.6 Å². The smallest absolute Gasteiger partial charge is 0.321 e. The van der Waals surface area contributed by atoms with Crippen molar-refractivity contribution >= 4 is 17.6 Å². The van der Waals surface area contributed by atoms with Gasteiger partial charge in [-0.05, 0) is 43.7 Å². The summed E-state index contributed by atoms with van der Waals surface area (Å²) in [4.78, 5) is 28.8. The Morgan fingerprint density at radius 1 is 0.917 bits per heavy atom. The molecule has 1 aromatic carbocycles. The first kappa shape index (κ1) is 16.8. The minimum Gasteiger partial charge on any atom is -0.342 e. The highest BCUT2D eigenvalue weighted by Gasteiger charge is 2.31. The van der Waals surface area contributed by atoms with Crippen molar-refractivity contribution in [3.8, 4) is 0 Å². The second-order valence-electron chi connectivity index (χ2n) is 7.07. The van der Waals surface area contributed by atoms with Crippen molar-refractivity contribution < 1.29 is 9.59 Å². The molecule has 3 rings (SSSR count). The van der Waals surface area contributed by atoms with Gasteiger partial charge in [0.05, 0.1) is 0 Å². The van der Waals surface area contributed by atoms with Crippen LogP contribution >= 0.6 is 0 Å². The van der Waals surface area contributed by atoms with Crippen LogP contribution in [0.15, 0.2) is 30.3 Å². The standard InChI is InChI=1S/C19H27N3O2/c1-15-7-11-21(12-8-15)18(23)16-9-13-22(14-10-16)19(24)20-17-5-3-2-4-6-17/h2-6,15-16H,7-14H2,1H3,(H,20,24). The zero-order chi connectivity index (χ0) is 16.9. The third-order valence-electron chi connectivity index (χ3n) is 5.25. The van der Waals surface area contributed by atoms with Gasteiger partial charge in [0.2, 0.25) is 5.91 Å². The van der Waals surface area contributed by atoms with E-state index in [1.54, 1.807) is 0 Å². The van der Waals surface area contributed by atoms with Crippen LogP contribution < -0.4 is 5.32 Å². The lowest BCUT2D eigenvalue weighted by atomic mass is 9.93. The lowest BCUT2D eigenvalue weighted by molar-refractivity contribution is -0.138. The molecule has 5 nitrogen and oxygen atoms in total. The molecule has 24 heavy (non-hydrogen) atoms. The number of likely N-dealkylation sites (tertiary alicyclic amines) is 2. The van der Waals surface area contributed by atoms with Crippen LogP contribution in [0.25, 0.3) is 0 Å². The number of benzene rings is 1. The summed E-state index contributed by atoms with van der Waals surface area (Å²) in [5, 5.41) is 2.92. The molecule has 0 saturated carbocycles. The van der Waals surface area contributed by atoms with E-state index in [9.17, 15) is 9.59 Å². The second kappa shape index (κ2) is 7.69. The fraction of sp³-hybridized carbons (Fsp3) is 0.579. The molecule has 3 amide bonds. The predicted molar refractivity (Wildman–Crippen MR) is 94.7 cm³/mol. The van der Waals surface area contributed by atoms with Crippen molar-refractivity contribution in [2.24, 2.45) is 11.8 Å². The van der Waals surface area contributed by atoms with Gasteiger partial charge in [0.25, 0.3) is 0 Å². The normalized spacial score (nSPS) is 20.0. The Balaban J connectivity index is 1.47. The summed E-state index contributed by atoms with van der Waals surface area (Å²) >= 11 is 0. The van der Waals surface area contributed by atoms with Gasteiger partial charge in [-0.25, -0.2) is 4.79 Å². The summed E-state index contributed by atoms with van der Waals surface area (Å²) in [6.07, 6.45) is 3.77. The van der Waals surface area contributed by atoms with Gasteiger partial charge >= 0.3 is 6.03 Å². The predicted octanol–water partition coefficient (Wildman–Crippen LogP) is 3.19. The molecule has 0 aliphatic carbocycles. The van der Waals surface area contributed by atoms with Gasteiger partial charge in [-0.2, -0.15) is 0 Å². The molecule has 0 atom stereocenters. The number of anilines is 1. The summed E-state index contributed by atoms with van der Waals surface area (Å²) in [7, 11) is 0. The van der Waals surface area contributed by atoms with E-state index in [0.29, 0.717) is 19.0 Å². The number of carbonyl (C=O) groups is 2. The van der Waals surface area contributed by atoms with E-state index in [4.69, 9.17) is 0 Å². The van der Waals surface area contributed by atoms with E-state index in [1.807, 2.05) is 40.1 Å². The number of hydrogen-bond donors (Lipinski definition) is 1.